The SMILES string of the molecule is ClCc1nc2cc(Br)cnc2n1C1CCN2CCCC12. The number of imidazole rings is 1. The van der Waals surface area contributed by atoms with Gasteiger partial charge >= 0.3 is 0 Å². The summed E-state index contributed by atoms with van der Waals surface area (Å²) in [4.78, 5) is 11.9. The maximum absolute atomic E-state index is 6.13. The molecular formula is C14H16BrClN4. The van der Waals surface area contributed by atoms with Crippen molar-refractivity contribution < 1.29 is 0 Å². The minimum atomic E-state index is 0.442. The minimum absolute atomic E-state index is 0.442. The summed E-state index contributed by atoms with van der Waals surface area (Å²) in [5.74, 6) is 1.39. The van der Waals surface area contributed by atoms with Crippen molar-refractivity contribution in [1.82, 2.24) is 19.4 Å². The average molecular weight is 356 g/mol. The zero-order valence-corrected chi connectivity index (χ0v) is 13.4. The van der Waals surface area contributed by atoms with Gasteiger partial charge in [-0.15, -0.1) is 11.6 Å². The molecule has 4 heterocycles. The van der Waals surface area contributed by atoms with Crippen LogP contribution in [0.4, 0.5) is 0 Å². The summed E-state index contributed by atoms with van der Waals surface area (Å²) in [5, 5.41) is 0. The molecule has 2 fully saturated rings. The van der Waals surface area contributed by atoms with Gasteiger partial charge in [-0.2, -0.15) is 0 Å². The van der Waals surface area contributed by atoms with Gasteiger partial charge in [-0.05, 0) is 47.8 Å². The third kappa shape index (κ3) is 1.90. The van der Waals surface area contributed by atoms with E-state index in [-0.39, 0.29) is 0 Å². The Bertz CT molecular complexity index is 656. The second-order valence-electron chi connectivity index (χ2n) is 5.63. The van der Waals surface area contributed by atoms with Crippen LogP contribution in [0.3, 0.4) is 0 Å². The van der Waals surface area contributed by atoms with Gasteiger partial charge in [0.25, 0.3) is 0 Å². The number of alkyl halides is 1. The first-order valence-electron chi connectivity index (χ1n) is 7.10. The summed E-state index contributed by atoms with van der Waals surface area (Å²) in [6.07, 6.45) is 5.61. The van der Waals surface area contributed by atoms with E-state index >= 15 is 0 Å². The number of aromatic nitrogens is 3. The van der Waals surface area contributed by atoms with E-state index < -0.39 is 0 Å². The lowest BCUT2D eigenvalue weighted by Crippen LogP contribution is -2.28. The van der Waals surface area contributed by atoms with E-state index in [0.717, 1.165) is 21.5 Å². The fourth-order valence-electron chi connectivity index (χ4n) is 3.80. The number of hydrogen-bond acceptors (Lipinski definition) is 3. The molecule has 20 heavy (non-hydrogen) atoms. The molecule has 0 aliphatic carbocycles. The lowest BCUT2D eigenvalue weighted by molar-refractivity contribution is 0.290. The largest absolute Gasteiger partial charge is 0.307 e. The average Bonchev–Trinajstić information content (AvgIpc) is 3.10. The van der Waals surface area contributed by atoms with Crippen molar-refractivity contribution in [3.05, 3.63) is 22.6 Å². The van der Waals surface area contributed by atoms with Crippen molar-refractivity contribution in [3.8, 4) is 0 Å². The molecule has 0 amide bonds. The van der Waals surface area contributed by atoms with Crippen LogP contribution in [0.25, 0.3) is 11.2 Å². The van der Waals surface area contributed by atoms with Gasteiger partial charge in [-0.25, -0.2) is 9.97 Å². The molecule has 2 aromatic heterocycles. The molecule has 0 spiro atoms. The van der Waals surface area contributed by atoms with Gasteiger partial charge in [0, 0.05) is 23.3 Å². The van der Waals surface area contributed by atoms with Crippen LogP contribution in [-0.4, -0.2) is 38.6 Å². The van der Waals surface area contributed by atoms with E-state index in [2.05, 4.69) is 35.4 Å². The van der Waals surface area contributed by atoms with Gasteiger partial charge in [0.05, 0.1) is 11.9 Å². The summed E-state index contributed by atoms with van der Waals surface area (Å²) in [6.45, 7) is 2.43. The number of pyridine rings is 1. The van der Waals surface area contributed by atoms with Crippen molar-refractivity contribution in [2.24, 2.45) is 0 Å². The van der Waals surface area contributed by atoms with Crippen molar-refractivity contribution in [1.29, 1.82) is 0 Å². The standard InChI is InChI=1S/C14H16BrClN4/c15-9-6-10-14(17-8-9)20(13(7-16)18-10)12-3-5-19-4-1-2-11(12)19/h6,8,11-12H,1-5,7H2. The van der Waals surface area contributed by atoms with Crippen LogP contribution in [0, 0.1) is 0 Å². The zero-order chi connectivity index (χ0) is 13.7. The number of nitrogens with zero attached hydrogens (tertiary/aromatic N) is 4. The first-order chi connectivity index (χ1) is 9.78. The van der Waals surface area contributed by atoms with Gasteiger partial charge in [-0.1, -0.05) is 0 Å². The summed E-state index contributed by atoms with van der Waals surface area (Å²) in [6, 6.07) is 3.14. The predicted molar refractivity (Wildman–Crippen MR) is 83.0 cm³/mol. The lowest BCUT2D eigenvalue weighted by Gasteiger charge is -2.23. The molecule has 2 aliphatic rings. The number of rotatable bonds is 2. The fourth-order valence-corrected chi connectivity index (χ4v) is 4.31. The molecule has 2 saturated heterocycles. The van der Waals surface area contributed by atoms with E-state index in [9.17, 15) is 0 Å². The van der Waals surface area contributed by atoms with Crippen molar-refractivity contribution in [2.75, 3.05) is 13.1 Å². The van der Waals surface area contributed by atoms with E-state index in [1.54, 1.807) is 0 Å². The Balaban J connectivity index is 1.85. The van der Waals surface area contributed by atoms with Crippen LogP contribution in [0.2, 0.25) is 0 Å². The van der Waals surface area contributed by atoms with Crippen LogP contribution in [0.15, 0.2) is 16.7 Å². The normalized spacial score (nSPS) is 26.5. The Labute approximate surface area is 131 Å². The molecule has 2 aliphatic heterocycles. The van der Waals surface area contributed by atoms with Crippen LogP contribution in [-0.2, 0) is 5.88 Å². The maximum Gasteiger partial charge on any atom is 0.160 e. The van der Waals surface area contributed by atoms with Crippen LogP contribution in [0.5, 0.6) is 0 Å². The zero-order valence-electron chi connectivity index (χ0n) is 11.1. The fraction of sp³-hybridized carbons (Fsp3) is 0.571. The van der Waals surface area contributed by atoms with E-state index in [0.29, 0.717) is 18.0 Å². The molecule has 2 aromatic rings. The van der Waals surface area contributed by atoms with Gasteiger partial charge in [0.1, 0.15) is 11.3 Å². The highest BCUT2D eigenvalue weighted by Gasteiger charge is 2.39. The molecule has 2 unspecified atom stereocenters. The second-order valence-corrected chi connectivity index (χ2v) is 6.81. The maximum atomic E-state index is 6.13. The third-order valence-electron chi connectivity index (χ3n) is 4.59. The van der Waals surface area contributed by atoms with Crippen LogP contribution >= 0.6 is 27.5 Å². The highest BCUT2D eigenvalue weighted by molar-refractivity contribution is 9.10. The number of fused-ring (bicyclic) bond motifs is 2. The second kappa shape index (κ2) is 4.97. The van der Waals surface area contributed by atoms with Gasteiger partial charge in [-0.3, -0.25) is 4.90 Å². The molecule has 0 aromatic carbocycles. The van der Waals surface area contributed by atoms with Gasteiger partial charge in [0.15, 0.2) is 5.65 Å². The Morgan fingerprint density at radius 2 is 2.20 bits per heavy atom. The van der Waals surface area contributed by atoms with Crippen LogP contribution < -0.4 is 0 Å². The molecule has 0 radical (unpaired) electrons. The van der Waals surface area contributed by atoms with Gasteiger partial charge in [0.2, 0.25) is 0 Å². The Morgan fingerprint density at radius 3 is 3.05 bits per heavy atom. The van der Waals surface area contributed by atoms with E-state index in [4.69, 9.17) is 11.6 Å². The molecule has 0 saturated carbocycles. The summed E-state index contributed by atoms with van der Waals surface area (Å²) in [5.41, 5.74) is 1.91. The first kappa shape index (κ1) is 13.0. The van der Waals surface area contributed by atoms with Crippen LogP contribution in [0.1, 0.15) is 31.1 Å². The summed E-state index contributed by atoms with van der Waals surface area (Å²) >= 11 is 9.59. The molecule has 106 valence electrons. The first-order valence-corrected chi connectivity index (χ1v) is 8.43. The van der Waals surface area contributed by atoms with Crippen molar-refractivity contribution in [3.63, 3.8) is 0 Å². The van der Waals surface area contributed by atoms with Crippen molar-refractivity contribution >= 4 is 38.7 Å². The highest BCUT2D eigenvalue weighted by atomic mass is 79.9. The Hall–Kier alpha value is -0.650. The molecule has 6 heteroatoms. The Morgan fingerprint density at radius 1 is 1.30 bits per heavy atom. The number of hydrogen-bond donors (Lipinski definition) is 0. The Kier molecular flexibility index (Phi) is 3.24. The highest BCUT2D eigenvalue weighted by Crippen LogP contribution is 2.38. The lowest BCUT2D eigenvalue weighted by atomic mass is 10.1. The third-order valence-corrected chi connectivity index (χ3v) is 5.26. The topological polar surface area (TPSA) is 34.0 Å². The van der Waals surface area contributed by atoms with Crippen molar-refractivity contribution in [2.45, 2.75) is 37.2 Å². The molecule has 0 N–H and O–H groups in total. The molecule has 2 atom stereocenters. The smallest absolute Gasteiger partial charge is 0.160 e. The van der Waals surface area contributed by atoms with E-state index in [1.165, 1.54) is 32.4 Å². The summed E-state index contributed by atoms with van der Waals surface area (Å²) in [7, 11) is 0. The van der Waals surface area contributed by atoms with Gasteiger partial charge < -0.3 is 4.57 Å². The molecule has 4 rings (SSSR count). The molecular weight excluding hydrogens is 340 g/mol. The summed E-state index contributed by atoms with van der Waals surface area (Å²) < 4.78 is 3.26. The monoisotopic (exact) mass is 354 g/mol. The predicted octanol–water partition coefficient (Wildman–Crippen LogP) is 3.34. The molecule has 4 nitrogen and oxygen atoms in total. The minimum Gasteiger partial charge on any atom is -0.307 e. The van der Waals surface area contributed by atoms with E-state index in [1.807, 2.05) is 12.3 Å². The quantitative estimate of drug-likeness (QED) is 0.775. The number of halogens is 2. The molecule has 0 bridgehead atoms.